The predicted octanol–water partition coefficient (Wildman–Crippen LogP) is 0.726. The van der Waals surface area contributed by atoms with Crippen LogP contribution in [0.3, 0.4) is 0 Å². The number of imidazole rings is 1. The van der Waals surface area contributed by atoms with Gasteiger partial charge in [-0.3, -0.25) is 4.79 Å². The van der Waals surface area contributed by atoms with Crippen molar-refractivity contribution in [1.29, 1.82) is 0 Å². The Balaban J connectivity index is 2.77. The molecule has 0 saturated carbocycles. The van der Waals surface area contributed by atoms with Gasteiger partial charge in [0.2, 0.25) is 0 Å². The molecule has 1 rings (SSSR count). The van der Waals surface area contributed by atoms with Crippen LogP contribution < -0.4 is 5.32 Å². The number of esters is 1. The van der Waals surface area contributed by atoms with Gasteiger partial charge >= 0.3 is 5.97 Å². The summed E-state index contributed by atoms with van der Waals surface area (Å²) < 4.78 is 4.79. The van der Waals surface area contributed by atoms with E-state index in [9.17, 15) is 9.59 Å². The largest absolute Gasteiger partial charge is 0.461 e. The fourth-order valence-electron chi connectivity index (χ4n) is 1.15. The topological polar surface area (TPSA) is 84.1 Å². The van der Waals surface area contributed by atoms with Crippen LogP contribution in [-0.2, 0) is 4.74 Å². The van der Waals surface area contributed by atoms with Gasteiger partial charge in [0.25, 0.3) is 5.91 Å². The van der Waals surface area contributed by atoms with E-state index >= 15 is 0 Å². The summed E-state index contributed by atoms with van der Waals surface area (Å²) in [5.74, 6) is -0.937. The van der Waals surface area contributed by atoms with E-state index in [1.807, 2.05) is 6.92 Å². The second kappa shape index (κ2) is 5.89. The molecule has 1 heterocycles. The number of aromatic amines is 1. The average molecular weight is 225 g/mol. The van der Waals surface area contributed by atoms with Gasteiger partial charge in [-0.25, -0.2) is 9.78 Å². The number of H-pyrrole nitrogens is 1. The molecule has 0 atom stereocenters. The number of rotatable bonds is 5. The van der Waals surface area contributed by atoms with E-state index in [1.54, 1.807) is 6.92 Å². The Labute approximate surface area is 93.4 Å². The number of amides is 1. The Bertz CT molecular complexity index is 373. The minimum atomic E-state index is -0.568. The Morgan fingerprint density at radius 2 is 2.25 bits per heavy atom. The number of carbonyl (C=O) groups excluding carboxylic acids is 2. The molecule has 6 heteroatoms. The van der Waals surface area contributed by atoms with Crippen LogP contribution in [0.5, 0.6) is 0 Å². The molecule has 0 aliphatic rings. The van der Waals surface area contributed by atoms with Crippen LogP contribution in [0.1, 0.15) is 41.2 Å². The van der Waals surface area contributed by atoms with Crippen LogP contribution >= 0.6 is 0 Å². The van der Waals surface area contributed by atoms with Gasteiger partial charge in [-0.05, 0) is 13.3 Å². The lowest BCUT2D eigenvalue weighted by atomic mass is 10.3. The van der Waals surface area contributed by atoms with Gasteiger partial charge in [0, 0.05) is 6.54 Å². The molecule has 0 spiro atoms. The molecule has 88 valence electrons. The quantitative estimate of drug-likeness (QED) is 0.723. The number of aromatic nitrogens is 2. The highest BCUT2D eigenvalue weighted by Crippen LogP contribution is 2.04. The fourth-order valence-corrected chi connectivity index (χ4v) is 1.15. The van der Waals surface area contributed by atoms with Crippen LogP contribution in [0.25, 0.3) is 0 Å². The smallest absolute Gasteiger partial charge is 0.357 e. The molecule has 0 radical (unpaired) electrons. The molecular weight excluding hydrogens is 210 g/mol. The molecular formula is C10H15N3O3. The van der Waals surface area contributed by atoms with Crippen LogP contribution in [0.2, 0.25) is 0 Å². The molecule has 0 bridgehead atoms. The minimum absolute atomic E-state index is 0.0758. The lowest BCUT2D eigenvalue weighted by Crippen LogP contribution is -2.26. The third-order valence-corrected chi connectivity index (χ3v) is 1.87. The Morgan fingerprint density at radius 3 is 2.88 bits per heavy atom. The van der Waals surface area contributed by atoms with E-state index in [1.165, 1.54) is 6.33 Å². The van der Waals surface area contributed by atoms with Crippen molar-refractivity contribution in [2.75, 3.05) is 13.2 Å². The van der Waals surface area contributed by atoms with Crippen molar-refractivity contribution in [2.24, 2.45) is 0 Å². The molecule has 2 N–H and O–H groups in total. The Hall–Kier alpha value is -1.85. The lowest BCUT2D eigenvalue weighted by molar-refractivity contribution is 0.0516. The first-order chi connectivity index (χ1) is 7.70. The number of ether oxygens (including phenoxy) is 1. The Morgan fingerprint density at radius 1 is 1.50 bits per heavy atom. The van der Waals surface area contributed by atoms with Crippen LogP contribution in [-0.4, -0.2) is 35.0 Å². The normalized spacial score (nSPS) is 9.88. The van der Waals surface area contributed by atoms with Crippen molar-refractivity contribution < 1.29 is 14.3 Å². The maximum absolute atomic E-state index is 11.6. The maximum atomic E-state index is 11.6. The first-order valence-corrected chi connectivity index (χ1v) is 5.19. The zero-order valence-corrected chi connectivity index (χ0v) is 9.37. The van der Waals surface area contributed by atoms with Gasteiger partial charge in [0.05, 0.1) is 12.9 Å². The highest BCUT2D eigenvalue weighted by atomic mass is 16.5. The highest BCUT2D eigenvalue weighted by Gasteiger charge is 2.20. The molecule has 16 heavy (non-hydrogen) atoms. The van der Waals surface area contributed by atoms with Crippen LogP contribution in [0.15, 0.2) is 6.33 Å². The standard InChI is InChI=1S/C10H15N3O3/c1-3-5-11-9(14)7-8(13-6-12-7)10(15)16-4-2/h6H,3-5H2,1-2H3,(H,11,14)(H,12,13). The Kier molecular flexibility index (Phi) is 4.50. The summed E-state index contributed by atoms with van der Waals surface area (Å²) in [5.41, 5.74) is 0.169. The highest BCUT2D eigenvalue weighted by molar-refractivity contribution is 6.02. The third-order valence-electron chi connectivity index (χ3n) is 1.87. The first kappa shape index (κ1) is 12.2. The zero-order chi connectivity index (χ0) is 12.0. The molecule has 0 aromatic carbocycles. The third kappa shape index (κ3) is 2.82. The second-order valence-electron chi connectivity index (χ2n) is 3.10. The van der Waals surface area contributed by atoms with Crippen molar-refractivity contribution in [3.05, 3.63) is 17.7 Å². The molecule has 1 amide bonds. The van der Waals surface area contributed by atoms with E-state index in [0.29, 0.717) is 6.54 Å². The summed E-state index contributed by atoms with van der Waals surface area (Å²) in [6.07, 6.45) is 2.12. The average Bonchev–Trinajstić information content (AvgIpc) is 2.75. The number of carbonyl (C=O) groups is 2. The van der Waals surface area contributed by atoms with Gasteiger partial charge in [-0.1, -0.05) is 6.92 Å². The summed E-state index contributed by atoms with van der Waals surface area (Å²) in [4.78, 5) is 29.4. The van der Waals surface area contributed by atoms with Crippen molar-refractivity contribution >= 4 is 11.9 Å². The van der Waals surface area contributed by atoms with Crippen molar-refractivity contribution in [1.82, 2.24) is 15.3 Å². The summed E-state index contributed by atoms with van der Waals surface area (Å²) in [6, 6.07) is 0. The SMILES string of the molecule is CCCNC(=O)c1nc[nH]c1C(=O)OCC. The van der Waals surface area contributed by atoms with Crippen molar-refractivity contribution in [3.8, 4) is 0 Å². The van der Waals surface area contributed by atoms with E-state index in [4.69, 9.17) is 4.74 Å². The number of nitrogens with zero attached hydrogens (tertiary/aromatic N) is 1. The van der Waals surface area contributed by atoms with Gasteiger partial charge in [-0.2, -0.15) is 0 Å². The van der Waals surface area contributed by atoms with Crippen molar-refractivity contribution in [2.45, 2.75) is 20.3 Å². The molecule has 0 unspecified atom stereocenters. The minimum Gasteiger partial charge on any atom is -0.461 e. The predicted molar refractivity (Wildman–Crippen MR) is 57.2 cm³/mol. The molecule has 1 aromatic rings. The number of hydrogen-bond donors (Lipinski definition) is 2. The van der Waals surface area contributed by atoms with E-state index < -0.39 is 5.97 Å². The van der Waals surface area contributed by atoms with Crippen LogP contribution in [0, 0.1) is 0 Å². The molecule has 1 aromatic heterocycles. The second-order valence-corrected chi connectivity index (χ2v) is 3.10. The molecule has 0 fully saturated rings. The monoisotopic (exact) mass is 225 g/mol. The molecule has 6 nitrogen and oxygen atoms in total. The zero-order valence-electron chi connectivity index (χ0n) is 9.37. The molecule has 0 aliphatic carbocycles. The van der Waals surface area contributed by atoms with Gasteiger partial charge in [-0.15, -0.1) is 0 Å². The van der Waals surface area contributed by atoms with Crippen molar-refractivity contribution in [3.63, 3.8) is 0 Å². The summed E-state index contributed by atoms with van der Waals surface area (Å²) >= 11 is 0. The molecule has 0 aliphatic heterocycles. The van der Waals surface area contributed by atoms with Gasteiger partial charge in [0.1, 0.15) is 0 Å². The van der Waals surface area contributed by atoms with E-state index in [2.05, 4.69) is 15.3 Å². The maximum Gasteiger partial charge on any atom is 0.357 e. The fraction of sp³-hybridized carbons (Fsp3) is 0.500. The van der Waals surface area contributed by atoms with E-state index in [-0.39, 0.29) is 23.9 Å². The first-order valence-electron chi connectivity index (χ1n) is 5.19. The number of hydrogen-bond acceptors (Lipinski definition) is 4. The summed E-state index contributed by atoms with van der Waals surface area (Å²) in [6.45, 7) is 4.45. The van der Waals surface area contributed by atoms with Gasteiger partial charge in [0.15, 0.2) is 11.4 Å². The van der Waals surface area contributed by atoms with E-state index in [0.717, 1.165) is 6.42 Å². The summed E-state index contributed by atoms with van der Waals surface area (Å²) in [7, 11) is 0. The molecule has 0 saturated heterocycles. The summed E-state index contributed by atoms with van der Waals surface area (Å²) in [5, 5.41) is 2.64. The van der Waals surface area contributed by atoms with Gasteiger partial charge < -0.3 is 15.0 Å². The van der Waals surface area contributed by atoms with Crippen LogP contribution in [0.4, 0.5) is 0 Å². The lowest BCUT2D eigenvalue weighted by Gasteiger charge is -2.03. The number of nitrogens with one attached hydrogen (secondary N) is 2.